The van der Waals surface area contributed by atoms with Crippen LogP contribution < -0.4 is 5.32 Å². The Kier molecular flexibility index (Phi) is 8.59. The van der Waals surface area contributed by atoms with E-state index in [2.05, 4.69) is 16.2 Å². The smallest absolute Gasteiger partial charge is 0.194 e. The molecule has 0 radical (unpaired) electrons. The molecule has 0 heterocycles. The first-order valence-corrected chi connectivity index (χ1v) is 5.65. The van der Waals surface area contributed by atoms with E-state index in [1.165, 1.54) is 5.56 Å². The summed E-state index contributed by atoms with van der Waals surface area (Å²) in [4.78, 5) is 6.15. The molecule has 0 spiro atoms. The highest BCUT2D eigenvalue weighted by atomic mass is 127. The molecule has 0 bridgehead atoms. The zero-order valence-electron chi connectivity index (χ0n) is 10.5. The van der Waals surface area contributed by atoms with Gasteiger partial charge in [-0.2, -0.15) is 0 Å². The standard InChI is InChI=1S/C13H16ClN3.HI/c1-4-9-16-13(15-2)17(3)10-11-5-7-12(14)8-6-11;/h1,5-8H,9-10H2,2-3H3,(H,15,16);1H. The molecule has 0 aromatic heterocycles. The maximum atomic E-state index is 5.83. The SMILES string of the molecule is C#CCNC(=NC)N(C)Cc1ccc(Cl)cc1.I. The van der Waals surface area contributed by atoms with Crippen LogP contribution in [0.1, 0.15) is 5.56 Å². The number of hydrogen-bond donors (Lipinski definition) is 1. The first kappa shape index (κ1) is 17.1. The number of nitrogens with one attached hydrogen (secondary N) is 1. The fourth-order valence-corrected chi connectivity index (χ4v) is 1.58. The monoisotopic (exact) mass is 377 g/mol. The van der Waals surface area contributed by atoms with Gasteiger partial charge in [0, 0.05) is 25.7 Å². The second-order valence-corrected chi connectivity index (χ2v) is 4.02. The highest BCUT2D eigenvalue weighted by Gasteiger charge is 2.05. The molecule has 1 N–H and O–H groups in total. The van der Waals surface area contributed by atoms with Crippen LogP contribution in [0.5, 0.6) is 0 Å². The molecule has 0 aliphatic heterocycles. The van der Waals surface area contributed by atoms with Gasteiger partial charge in [0.25, 0.3) is 0 Å². The highest BCUT2D eigenvalue weighted by molar-refractivity contribution is 14.0. The van der Waals surface area contributed by atoms with Crippen LogP contribution in [-0.2, 0) is 6.54 Å². The Balaban J connectivity index is 0.00000289. The normalized spacial score (nSPS) is 10.2. The predicted molar refractivity (Wildman–Crippen MR) is 88.5 cm³/mol. The molecule has 0 atom stereocenters. The van der Waals surface area contributed by atoms with Crippen LogP contribution in [0, 0.1) is 12.3 Å². The van der Waals surface area contributed by atoms with E-state index in [0.717, 1.165) is 17.5 Å². The van der Waals surface area contributed by atoms with Gasteiger partial charge in [0.1, 0.15) is 0 Å². The lowest BCUT2D eigenvalue weighted by Gasteiger charge is -2.21. The molecule has 0 amide bonds. The quantitative estimate of drug-likeness (QED) is 0.379. The van der Waals surface area contributed by atoms with Crippen molar-refractivity contribution in [3.63, 3.8) is 0 Å². The zero-order valence-corrected chi connectivity index (χ0v) is 13.6. The first-order valence-electron chi connectivity index (χ1n) is 5.27. The lowest BCUT2D eigenvalue weighted by atomic mass is 10.2. The lowest BCUT2D eigenvalue weighted by Crippen LogP contribution is -2.38. The number of rotatable bonds is 3. The molecule has 1 aromatic carbocycles. The van der Waals surface area contributed by atoms with Gasteiger partial charge >= 0.3 is 0 Å². The van der Waals surface area contributed by atoms with Gasteiger partial charge in [0.15, 0.2) is 5.96 Å². The van der Waals surface area contributed by atoms with Crippen LogP contribution in [0.3, 0.4) is 0 Å². The molecule has 0 fully saturated rings. The van der Waals surface area contributed by atoms with Crippen LogP contribution in [0.2, 0.25) is 5.02 Å². The van der Waals surface area contributed by atoms with Gasteiger partial charge in [-0.3, -0.25) is 4.99 Å². The van der Waals surface area contributed by atoms with E-state index >= 15 is 0 Å². The summed E-state index contributed by atoms with van der Waals surface area (Å²) in [5.74, 6) is 3.30. The average molecular weight is 378 g/mol. The van der Waals surface area contributed by atoms with Gasteiger partial charge < -0.3 is 10.2 Å². The first-order chi connectivity index (χ1) is 8.17. The van der Waals surface area contributed by atoms with Crippen LogP contribution in [0.15, 0.2) is 29.3 Å². The van der Waals surface area contributed by atoms with Crippen LogP contribution in [-0.4, -0.2) is 31.5 Å². The largest absolute Gasteiger partial charge is 0.345 e. The van der Waals surface area contributed by atoms with E-state index in [9.17, 15) is 0 Å². The van der Waals surface area contributed by atoms with Gasteiger partial charge in [-0.05, 0) is 17.7 Å². The second-order valence-electron chi connectivity index (χ2n) is 3.59. The molecule has 5 heteroatoms. The number of benzene rings is 1. The molecular formula is C13H17ClIN3. The lowest BCUT2D eigenvalue weighted by molar-refractivity contribution is 0.481. The number of terminal acetylenes is 1. The Morgan fingerprint density at radius 2 is 2.06 bits per heavy atom. The molecule has 0 aliphatic carbocycles. The number of guanidine groups is 1. The van der Waals surface area contributed by atoms with Crippen molar-refractivity contribution in [3.8, 4) is 12.3 Å². The summed E-state index contributed by atoms with van der Waals surface area (Å²) in [5, 5.41) is 3.81. The molecule has 0 saturated heterocycles. The Morgan fingerprint density at radius 3 is 2.56 bits per heavy atom. The maximum absolute atomic E-state index is 5.83. The molecule has 3 nitrogen and oxygen atoms in total. The van der Waals surface area contributed by atoms with Crippen LogP contribution in [0.4, 0.5) is 0 Å². The summed E-state index contributed by atoms with van der Waals surface area (Å²) in [6.07, 6.45) is 5.20. The fourth-order valence-electron chi connectivity index (χ4n) is 1.45. The molecule has 98 valence electrons. The van der Waals surface area contributed by atoms with Crippen molar-refractivity contribution in [1.29, 1.82) is 0 Å². The average Bonchev–Trinajstić information content (AvgIpc) is 2.33. The summed E-state index contributed by atoms with van der Waals surface area (Å²) in [7, 11) is 3.69. The minimum absolute atomic E-state index is 0. The molecule has 1 rings (SSSR count). The molecule has 0 aliphatic rings. The van der Waals surface area contributed by atoms with Gasteiger partial charge in [-0.15, -0.1) is 30.4 Å². The Morgan fingerprint density at radius 1 is 1.44 bits per heavy atom. The Labute approximate surface area is 131 Å². The minimum atomic E-state index is 0. The highest BCUT2D eigenvalue weighted by Crippen LogP contribution is 2.10. The minimum Gasteiger partial charge on any atom is -0.345 e. The van der Waals surface area contributed by atoms with Crippen molar-refractivity contribution in [2.75, 3.05) is 20.6 Å². The third kappa shape index (κ3) is 5.61. The molecule has 18 heavy (non-hydrogen) atoms. The number of halogens is 2. The van der Waals surface area contributed by atoms with E-state index in [4.69, 9.17) is 18.0 Å². The zero-order chi connectivity index (χ0) is 12.7. The van der Waals surface area contributed by atoms with Gasteiger partial charge in [-0.25, -0.2) is 0 Å². The summed E-state index contributed by atoms with van der Waals surface area (Å²) in [5.41, 5.74) is 1.17. The van der Waals surface area contributed by atoms with Crippen LogP contribution in [0.25, 0.3) is 0 Å². The van der Waals surface area contributed by atoms with E-state index in [-0.39, 0.29) is 24.0 Å². The summed E-state index contributed by atoms with van der Waals surface area (Å²) in [6.45, 7) is 1.22. The number of hydrogen-bond acceptors (Lipinski definition) is 1. The maximum Gasteiger partial charge on any atom is 0.194 e. The van der Waals surface area contributed by atoms with Crippen molar-refractivity contribution in [2.45, 2.75) is 6.54 Å². The number of aliphatic imine (C=N–C) groups is 1. The summed E-state index contributed by atoms with van der Waals surface area (Å²) < 4.78 is 0. The summed E-state index contributed by atoms with van der Waals surface area (Å²) >= 11 is 5.83. The third-order valence-corrected chi connectivity index (χ3v) is 2.51. The van der Waals surface area contributed by atoms with E-state index in [0.29, 0.717) is 6.54 Å². The van der Waals surface area contributed by atoms with Crippen molar-refractivity contribution < 1.29 is 0 Å². The fraction of sp³-hybridized carbons (Fsp3) is 0.308. The third-order valence-electron chi connectivity index (χ3n) is 2.25. The van der Waals surface area contributed by atoms with Crippen molar-refractivity contribution in [1.82, 2.24) is 10.2 Å². The molecule has 0 saturated carbocycles. The van der Waals surface area contributed by atoms with Crippen molar-refractivity contribution >= 4 is 41.5 Å². The van der Waals surface area contributed by atoms with Gasteiger partial charge in [0.05, 0.1) is 6.54 Å². The van der Waals surface area contributed by atoms with Gasteiger partial charge in [0.2, 0.25) is 0 Å². The second kappa shape index (κ2) is 9.06. The predicted octanol–water partition coefficient (Wildman–Crippen LogP) is 2.60. The Hall–Kier alpha value is -0.930. The molecular weight excluding hydrogens is 361 g/mol. The van der Waals surface area contributed by atoms with E-state index in [1.54, 1.807) is 7.05 Å². The Bertz CT molecular complexity index is 423. The van der Waals surface area contributed by atoms with Crippen LogP contribution >= 0.6 is 35.6 Å². The molecule has 1 aromatic rings. The van der Waals surface area contributed by atoms with Crippen molar-refractivity contribution in [2.24, 2.45) is 4.99 Å². The van der Waals surface area contributed by atoms with E-state index < -0.39 is 0 Å². The number of nitrogens with zero attached hydrogens (tertiary/aromatic N) is 2. The molecule has 0 unspecified atom stereocenters. The summed E-state index contributed by atoms with van der Waals surface area (Å²) in [6, 6.07) is 7.74. The van der Waals surface area contributed by atoms with Gasteiger partial charge in [-0.1, -0.05) is 29.7 Å². The topological polar surface area (TPSA) is 27.6 Å². The van der Waals surface area contributed by atoms with E-state index in [1.807, 2.05) is 36.2 Å². The van der Waals surface area contributed by atoms with Crippen molar-refractivity contribution in [3.05, 3.63) is 34.9 Å².